The largest absolute Gasteiger partial charge is 0.316 e. The van der Waals surface area contributed by atoms with E-state index in [9.17, 15) is 9.18 Å². The van der Waals surface area contributed by atoms with Gasteiger partial charge in [-0.2, -0.15) is 0 Å². The average molecular weight is 335 g/mol. The van der Waals surface area contributed by atoms with Gasteiger partial charge in [-0.1, -0.05) is 28.1 Å². The number of amides is 1. The minimum atomic E-state index is -0.636. The van der Waals surface area contributed by atoms with Crippen LogP contribution in [0.15, 0.2) is 46.9 Å². The molecule has 1 amide bonds. The minimum absolute atomic E-state index is 0.137. The second-order valence-electron chi connectivity index (χ2n) is 4.73. The molecule has 102 valence electrons. The lowest BCUT2D eigenvalue weighted by Gasteiger charge is -2.17. The lowest BCUT2D eigenvalue weighted by atomic mass is 10.1. The van der Waals surface area contributed by atoms with Crippen molar-refractivity contribution in [1.29, 1.82) is 0 Å². The summed E-state index contributed by atoms with van der Waals surface area (Å²) in [4.78, 5) is 13.9. The predicted molar refractivity (Wildman–Crippen MR) is 78.7 cm³/mol. The lowest BCUT2D eigenvalue weighted by Crippen LogP contribution is -2.31. The summed E-state index contributed by atoms with van der Waals surface area (Å²) in [6.07, 6.45) is 0. The Morgan fingerprint density at radius 2 is 1.90 bits per heavy atom. The number of nitrogens with two attached hydrogens (primary N) is 1. The normalized spacial score (nSPS) is 17.4. The minimum Gasteiger partial charge on any atom is -0.316 e. The number of halogens is 2. The van der Waals surface area contributed by atoms with Crippen molar-refractivity contribution in [2.75, 3.05) is 4.90 Å². The zero-order valence-electron chi connectivity index (χ0n) is 10.5. The Bertz CT molecular complexity index is 672. The third kappa shape index (κ3) is 2.23. The van der Waals surface area contributed by atoms with Gasteiger partial charge in [-0.3, -0.25) is 4.79 Å². The fourth-order valence-electron chi connectivity index (χ4n) is 2.38. The van der Waals surface area contributed by atoms with Gasteiger partial charge in [-0.05, 0) is 35.9 Å². The second-order valence-corrected chi connectivity index (χ2v) is 5.65. The summed E-state index contributed by atoms with van der Waals surface area (Å²) >= 11 is 3.38. The van der Waals surface area contributed by atoms with Gasteiger partial charge < -0.3 is 10.6 Å². The van der Waals surface area contributed by atoms with Gasteiger partial charge in [0.1, 0.15) is 11.9 Å². The summed E-state index contributed by atoms with van der Waals surface area (Å²) < 4.78 is 13.8. The Kier molecular flexibility index (Phi) is 3.31. The van der Waals surface area contributed by atoms with Gasteiger partial charge in [0.15, 0.2) is 0 Å². The molecular weight excluding hydrogens is 323 g/mol. The molecule has 0 bridgehead atoms. The molecule has 1 atom stereocenters. The number of fused-ring (bicyclic) bond motifs is 1. The van der Waals surface area contributed by atoms with Gasteiger partial charge in [0.2, 0.25) is 5.91 Å². The first-order valence-electron chi connectivity index (χ1n) is 6.17. The highest BCUT2D eigenvalue weighted by Gasteiger charge is 2.34. The first-order chi connectivity index (χ1) is 9.56. The fraction of sp³-hybridized carbons (Fsp3) is 0.133. The van der Waals surface area contributed by atoms with Crippen molar-refractivity contribution in [3.8, 4) is 0 Å². The summed E-state index contributed by atoms with van der Waals surface area (Å²) in [5.74, 6) is -0.426. The van der Waals surface area contributed by atoms with E-state index in [1.807, 2.05) is 18.2 Å². The average Bonchev–Trinajstić information content (AvgIpc) is 2.66. The SMILES string of the molecule is N[C@H]1C(=O)N(Cc2ccc(F)cc2)c2ccc(Br)cc21. The molecule has 0 fully saturated rings. The first kappa shape index (κ1) is 13.3. The number of hydrogen-bond acceptors (Lipinski definition) is 2. The molecule has 0 aromatic heterocycles. The Morgan fingerprint density at radius 1 is 1.20 bits per heavy atom. The standard InChI is InChI=1S/C15H12BrFN2O/c16-10-3-6-13-12(7-10)14(18)15(20)19(13)8-9-1-4-11(17)5-2-9/h1-7,14H,8,18H2/t14-/m1/s1. The molecule has 0 saturated carbocycles. The van der Waals surface area contributed by atoms with Crippen molar-refractivity contribution in [3.63, 3.8) is 0 Å². The van der Waals surface area contributed by atoms with E-state index in [0.717, 1.165) is 21.3 Å². The van der Waals surface area contributed by atoms with Crippen LogP contribution in [-0.2, 0) is 11.3 Å². The van der Waals surface area contributed by atoms with E-state index in [2.05, 4.69) is 15.9 Å². The number of benzene rings is 2. The molecule has 0 unspecified atom stereocenters. The van der Waals surface area contributed by atoms with Crippen LogP contribution in [0.3, 0.4) is 0 Å². The van der Waals surface area contributed by atoms with E-state index in [4.69, 9.17) is 5.73 Å². The predicted octanol–water partition coefficient (Wildman–Crippen LogP) is 3.13. The molecule has 2 aromatic rings. The summed E-state index contributed by atoms with van der Waals surface area (Å²) in [5.41, 5.74) is 8.44. The number of carbonyl (C=O) groups excluding carboxylic acids is 1. The van der Waals surface area contributed by atoms with Crippen LogP contribution >= 0.6 is 15.9 Å². The molecule has 20 heavy (non-hydrogen) atoms. The molecule has 3 rings (SSSR count). The van der Waals surface area contributed by atoms with Crippen molar-refractivity contribution in [2.24, 2.45) is 5.73 Å². The van der Waals surface area contributed by atoms with Crippen molar-refractivity contribution in [1.82, 2.24) is 0 Å². The van der Waals surface area contributed by atoms with Crippen LogP contribution in [0.25, 0.3) is 0 Å². The van der Waals surface area contributed by atoms with Gasteiger partial charge in [0.05, 0.1) is 6.54 Å². The van der Waals surface area contributed by atoms with E-state index in [-0.39, 0.29) is 11.7 Å². The summed E-state index contributed by atoms with van der Waals surface area (Å²) in [6, 6.07) is 11.1. The maximum absolute atomic E-state index is 12.9. The number of hydrogen-bond donors (Lipinski definition) is 1. The molecule has 2 N–H and O–H groups in total. The Morgan fingerprint density at radius 3 is 2.60 bits per heavy atom. The van der Waals surface area contributed by atoms with Crippen molar-refractivity contribution >= 4 is 27.5 Å². The van der Waals surface area contributed by atoms with Crippen LogP contribution in [0.5, 0.6) is 0 Å². The Balaban J connectivity index is 1.95. The molecule has 0 spiro atoms. The van der Waals surface area contributed by atoms with Gasteiger partial charge in [-0.25, -0.2) is 4.39 Å². The number of anilines is 1. The molecule has 1 aliphatic rings. The molecule has 3 nitrogen and oxygen atoms in total. The van der Waals surface area contributed by atoms with Gasteiger partial charge >= 0.3 is 0 Å². The summed E-state index contributed by atoms with van der Waals surface area (Å²) in [6.45, 7) is 0.390. The Hall–Kier alpha value is -1.72. The molecular formula is C15H12BrFN2O. The zero-order valence-corrected chi connectivity index (χ0v) is 12.1. The van der Waals surface area contributed by atoms with Crippen LogP contribution in [0, 0.1) is 5.82 Å². The van der Waals surface area contributed by atoms with Gasteiger partial charge in [0, 0.05) is 15.7 Å². The maximum atomic E-state index is 12.9. The molecule has 1 aliphatic heterocycles. The van der Waals surface area contributed by atoms with E-state index in [1.54, 1.807) is 17.0 Å². The van der Waals surface area contributed by atoms with Gasteiger partial charge in [-0.15, -0.1) is 0 Å². The molecule has 0 saturated heterocycles. The Labute approximate surface area is 124 Å². The topological polar surface area (TPSA) is 46.3 Å². The van der Waals surface area contributed by atoms with E-state index in [1.165, 1.54) is 12.1 Å². The first-order valence-corrected chi connectivity index (χ1v) is 6.96. The maximum Gasteiger partial charge on any atom is 0.248 e. The van der Waals surface area contributed by atoms with Crippen molar-refractivity contribution in [3.05, 3.63) is 63.9 Å². The fourth-order valence-corrected chi connectivity index (χ4v) is 2.75. The van der Waals surface area contributed by atoms with Crippen LogP contribution < -0.4 is 10.6 Å². The molecule has 2 aromatic carbocycles. The van der Waals surface area contributed by atoms with E-state index < -0.39 is 6.04 Å². The highest BCUT2D eigenvalue weighted by atomic mass is 79.9. The monoisotopic (exact) mass is 334 g/mol. The second kappa shape index (κ2) is 5.00. The quantitative estimate of drug-likeness (QED) is 0.917. The highest BCUT2D eigenvalue weighted by Crippen LogP contribution is 2.37. The van der Waals surface area contributed by atoms with Crippen LogP contribution in [0.1, 0.15) is 17.2 Å². The van der Waals surface area contributed by atoms with Gasteiger partial charge in [0.25, 0.3) is 0 Å². The third-order valence-corrected chi connectivity index (χ3v) is 3.89. The van der Waals surface area contributed by atoms with Crippen molar-refractivity contribution < 1.29 is 9.18 Å². The molecule has 5 heteroatoms. The molecule has 0 aliphatic carbocycles. The highest BCUT2D eigenvalue weighted by molar-refractivity contribution is 9.10. The molecule has 0 radical (unpaired) electrons. The van der Waals surface area contributed by atoms with Crippen LogP contribution in [0.4, 0.5) is 10.1 Å². The van der Waals surface area contributed by atoms with Crippen molar-refractivity contribution in [2.45, 2.75) is 12.6 Å². The smallest absolute Gasteiger partial charge is 0.248 e. The summed E-state index contributed by atoms with van der Waals surface area (Å²) in [5, 5.41) is 0. The van der Waals surface area contributed by atoms with E-state index >= 15 is 0 Å². The number of rotatable bonds is 2. The number of carbonyl (C=O) groups is 1. The molecule has 1 heterocycles. The lowest BCUT2D eigenvalue weighted by molar-refractivity contribution is -0.119. The third-order valence-electron chi connectivity index (χ3n) is 3.40. The summed E-state index contributed by atoms with van der Waals surface area (Å²) in [7, 11) is 0. The van der Waals surface area contributed by atoms with Crippen LogP contribution in [0.2, 0.25) is 0 Å². The van der Waals surface area contributed by atoms with Crippen LogP contribution in [-0.4, -0.2) is 5.91 Å². The number of nitrogens with zero attached hydrogens (tertiary/aromatic N) is 1. The zero-order chi connectivity index (χ0) is 14.3. The van der Waals surface area contributed by atoms with E-state index in [0.29, 0.717) is 6.54 Å².